The van der Waals surface area contributed by atoms with Gasteiger partial charge in [0.15, 0.2) is 0 Å². The number of aryl methyl sites for hydroxylation is 1. The molecule has 0 radical (unpaired) electrons. The van der Waals surface area contributed by atoms with Crippen LogP contribution in [0, 0.1) is 0 Å². The Kier molecular flexibility index (Phi) is 3.41. The fourth-order valence-electron chi connectivity index (χ4n) is 1.11. The van der Waals surface area contributed by atoms with Gasteiger partial charge in [-0.25, -0.2) is 0 Å². The van der Waals surface area contributed by atoms with E-state index in [1.807, 2.05) is 6.92 Å². The smallest absolute Gasteiger partial charge is 0.115 e. The number of halogens is 1. The zero-order valence-corrected chi connectivity index (χ0v) is 7.70. The Morgan fingerprint density at radius 2 is 2.25 bits per heavy atom. The summed E-state index contributed by atoms with van der Waals surface area (Å²) in [5.74, 6) is 0.205. The lowest BCUT2D eigenvalue weighted by Gasteiger charge is -2.03. The zero-order chi connectivity index (χ0) is 8.97. The highest BCUT2D eigenvalue weighted by Crippen LogP contribution is 2.27. The Morgan fingerprint density at radius 3 is 2.83 bits per heavy atom. The molecule has 66 valence electrons. The number of aromatic hydroxyl groups is 1. The standard InChI is InChI=1S/C9H11FOS/c1-2-3-7-6-8(11)4-5-9(7)12-10/h4-6,11H,2-3H2,1H3. The van der Waals surface area contributed by atoms with Crippen molar-refractivity contribution in [1.82, 2.24) is 0 Å². The molecule has 1 rings (SSSR count). The number of phenolic OH excluding ortho intramolecular Hbond substituents is 1. The summed E-state index contributed by atoms with van der Waals surface area (Å²) in [4.78, 5) is 0.606. The maximum absolute atomic E-state index is 12.3. The average molecular weight is 186 g/mol. The topological polar surface area (TPSA) is 20.2 Å². The summed E-state index contributed by atoms with van der Waals surface area (Å²) in [5, 5.41) is 9.13. The second-order valence-electron chi connectivity index (χ2n) is 2.62. The van der Waals surface area contributed by atoms with Gasteiger partial charge in [0, 0.05) is 4.90 Å². The number of phenols is 1. The first-order chi connectivity index (χ1) is 5.77. The van der Waals surface area contributed by atoms with Crippen LogP contribution >= 0.6 is 12.1 Å². The second-order valence-corrected chi connectivity index (χ2v) is 3.21. The summed E-state index contributed by atoms with van der Waals surface area (Å²) >= 11 is 0.233. The summed E-state index contributed by atoms with van der Waals surface area (Å²) in [6.07, 6.45) is 1.76. The third-order valence-electron chi connectivity index (χ3n) is 1.65. The van der Waals surface area contributed by atoms with Crippen LogP contribution in [0.3, 0.4) is 0 Å². The Labute approximate surface area is 75.9 Å². The number of rotatable bonds is 3. The van der Waals surface area contributed by atoms with E-state index in [-0.39, 0.29) is 17.9 Å². The minimum absolute atomic E-state index is 0.205. The number of benzene rings is 1. The summed E-state index contributed by atoms with van der Waals surface area (Å²) < 4.78 is 12.3. The van der Waals surface area contributed by atoms with Crippen LogP contribution in [0.1, 0.15) is 18.9 Å². The van der Waals surface area contributed by atoms with E-state index in [1.54, 1.807) is 12.1 Å². The zero-order valence-electron chi connectivity index (χ0n) is 6.88. The van der Waals surface area contributed by atoms with E-state index in [9.17, 15) is 3.89 Å². The molecule has 0 fully saturated rings. The van der Waals surface area contributed by atoms with Crippen LogP contribution in [-0.4, -0.2) is 5.11 Å². The van der Waals surface area contributed by atoms with Gasteiger partial charge in [-0.05, 0) is 30.2 Å². The van der Waals surface area contributed by atoms with Crippen molar-refractivity contribution in [1.29, 1.82) is 0 Å². The van der Waals surface area contributed by atoms with Gasteiger partial charge in [0.05, 0.1) is 12.1 Å². The highest BCUT2D eigenvalue weighted by atomic mass is 32.2. The molecule has 0 saturated carbocycles. The molecule has 1 aromatic carbocycles. The van der Waals surface area contributed by atoms with E-state index in [4.69, 9.17) is 5.11 Å². The highest BCUT2D eigenvalue weighted by molar-refractivity contribution is 7.94. The van der Waals surface area contributed by atoms with Crippen molar-refractivity contribution in [2.75, 3.05) is 0 Å². The minimum Gasteiger partial charge on any atom is -0.508 e. The molecule has 0 unspecified atom stereocenters. The van der Waals surface area contributed by atoms with Crippen LogP contribution in [-0.2, 0) is 6.42 Å². The van der Waals surface area contributed by atoms with Gasteiger partial charge in [0.1, 0.15) is 5.75 Å². The SMILES string of the molecule is CCCc1cc(O)ccc1SF. The van der Waals surface area contributed by atoms with Crippen molar-refractivity contribution in [3.05, 3.63) is 23.8 Å². The van der Waals surface area contributed by atoms with Gasteiger partial charge in [0.25, 0.3) is 0 Å². The summed E-state index contributed by atoms with van der Waals surface area (Å²) in [5.41, 5.74) is 0.880. The predicted molar refractivity (Wildman–Crippen MR) is 49.1 cm³/mol. The maximum atomic E-state index is 12.3. The molecule has 12 heavy (non-hydrogen) atoms. The fourth-order valence-corrected chi connectivity index (χ4v) is 1.49. The number of hydrogen-bond donors (Lipinski definition) is 1. The Morgan fingerprint density at radius 1 is 1.50 bits per heavy atom. The molecule has 0 saturated heterocycles. The second kappa shape index (κ2) is 4.36. The molecule has 3 heteroatoms. The normalized spacial score (nSPS) is 10.2. The van der Waals surface area contributed by atoms with Crippen LogP contribution < -0.4 is 0 Å². The van der Waals surface area contributed by atoms with Crippen LogP contribution in [0.4, 0.5) is 3.89 Å². The van der Waals surface area contributed by atoms with Crippen molar-refractivity contribution in [2.24, 2.45) is 0 Å². The average Bonchev–Trinajstić information content (AvgIpc) is 2.05. The molecule has 0 atom stereocenters. The van der Waals surface area contributed by atoms with Gasteiger partial charge in [-0.3, -0.25) is 0 Å². The van der Waals surface area contributed by atoms with Crippen LogP contribution in [0.15, 0.2) is 23.1 Å². The highest BCUT2D eigenvalue weighted by Gasteiger charge is 2.03. The molecule has 1 N–H and O–H groups in total. The molecule has 1 nitrogen and oxygen atoms in total. The molecular formula is C9H11FOS. The van der Waals surface area contributed by atoms with Gasteiger partial charge in [-0.2, -0.15) is 3.89 Å². The molecule has 0 spiro atoms. The lowest BCUT2D eigenvalue weighted by molar-refractivity contribution is 0.474. The summed E-state index contributed by atoms with van der Waals surface area (Å²) in [6, 6.07) is 4.72. The van der Waals surface area contributed by atoms with Gasteiger partial charge < -0.3 is 5.11 Å². The lowest BCUT2D eigenvalue weighted by Crippen LogP contribution is -1.85. The van der Waals surface area contributed by atoms with Crippen LogP contribution in [0.25, 0.3) is 0 Å². The largest absolute Gasteiger partial charge is 0.508 e. The Hall–Kier alpha value is -0.700. The van der Waals surface area contributed by atoms with Crippen molar-refractivity contribution < 1.29 is 8.99 Å². The fraction of sp³-hybridized carbons (Fsp3) is 0.333. The lowest BCUT2D eigenvalue weighted by atomic mass is 10.1. The number of hydrogen-bond acceptors (Lipinski definition) is 2. The van der Waals surface area contributed by atoms with Crippen molar-refractivity contribution >= 4 is 12.1 Å². The first-order valence-corrected chi connectivity index (χ1v) is 4.60. The minimum atomic E-state index is 0.205. The predicted octanol–water partition coefficient (Wildman–Crippen LogP) is 3.32. The van der Waals surface area contributed by atoms with E-state index >= 15 is 0 Å². The summed E-state index contributed by atoms with van der Waals surface area (Å²) in [6.45, 7) is 2.02. The molecule has 1 aromatic rings. The van der Waals surface area contributed by atoms with E-state index in [2.05, 4.69) is 0 Å². The molecule has 0 amide bonds. The molecule has 0 aliphatic rings. The third-order valence-corrected chi connectivity index (χ3v) is 2.21. The van der Waals surface area contributed by atoms with E-state index in [0.717, 1.165) is 18.4 Å². The van der Waals surface area contributed by atoms with Crippen molar-refractivity contribution in [3.63, 3.8) is 0 Å². The van der Waals surface area contributed by atoms with Crippen molar-refractivity contribution in [2.45, 2.75) is 24.7 Å². The molecule has 0 bridgehead atoms. The maximum Gasteiger partial charge on any atom is 0.115 e. The third kappa shape index (κ3) is 2.14. The molecule has 0 heterocycles. The first kappa shape index (κ1) is 9.39. The summed E-state index contributed by atoms with van der Waals surface area (Å²) in [7, 11) is 0. The molecule has 0 aliphatic heterocycles. The Balaban J connectivity index is 2.95. The van der Waals surface area contributed by atoms with Crippen LogP contribution in [0.5, 0.6) is 5.75 Å². The molecule has 0 aromatic heterocycles. The Bertz CT molecular complexity index is 263. The monoisotopic (exact) mass is 186 g/mol. The van der Waals surface area contributed by atoms with E-state index < -0.39 is 0 Å². The quantitative estimate of drug-likeness (QED) is 0.781. The molecular weight excluding hydrogens is 175 g/mol. The van der Waals surface area contributed by atoms with Crippen LogP contribution in [0.2, 0.25) is 0 Å². The first-order valence-electron chi connectivity index (χ1n) is 3.88. The van der Waals surface area contributed by atoms with Crippen molar-refractivity contribution in [3.8, 4) is 5.75 Å². The van der Waals surface area contributed by atoms with E-state index in [1.165, 1.54) is 6.07 Å². The van der Waals surface area contributed by atoms with Gasteiger partial charge >= 0.3 is 0 Å². The molecule has 0 aliphatic carbocycles. The van der Waals surface area contributed by atoms with Gasteiger partial charge in [0.2, 0.25) is 0 Å². The van der Waals surface area contributed by atoms with Gasteiger partial charge in [-0.15, -0.1) is 0 Å². The van der Waals surface area contributed by atoms with E-state index in [0.29, 0.717) is 4.90 Å². The van der Waals surface area contributed by atoms with Gasteiger partial charge in [-0.1, -0.05) is 13.3 Å².